The van der Waals surface area contributed by atoms with Crippen molar-refractivity contribution in [1.29, 1.82) is 0 Å². The fourth-order valence-electron chi connectivity index (χ4n) is 2.64. The summed E-state index contributed by atoms with van der Waals surface area (Å²) in [5.41, 5.74) is 0.943. The standard InChI is InChI=1S/C14H16N2O5S/c1-9-13(17)15-5-2-6-16(9)22(19,20)11-4-3-10-8-21-14(18)12(10)7-11/h3-4,7,9H,2,5-6,8H2,1H3,(H,15,17). The van der Waals surface area contributed by atoms with E-state index in [0.29, 0.717) is 18.5 Å². The van der Waals surface area contributed by atoms with Crippen molar-refractivity contribution in [3.8, 4) is 0 Å². The lowest BCUT2D eigenvalue weighted by atomic mass is 10.1. The number of esters is 1. The zero-order valence-electron chi connectivity index (χ0n) is 12.0. The summed E-state index contributed by atoms with van der Waals surface area (Å²) in [5, 5.41) is 2.68. The Morgan fingerprint density at radius 2 is 2.09 bits per heavy atom. The summed E-state index contributed by atoms with van der Waals surface area (Å²) in [5.74, 6) is -0.838. The summed E-state index contributed by atoms with van der Waals surface area (Å²) in [6, 6.07) is 3.57. The second-order valence-electron chi connectivity index (χ2n) is 5.33. The van der Waals surface area contributed by atoms with E-state index in [1.54, 1.807) is 13.0 Å². The van der Waals surface area contributed by atoms with Gasteiger partial charge in [0.2, 0.25) is 15.9 Å². The van der Waals surface area contributed by atoms with Crippen LogP contribution in [0.2, 0.25) is 0 Å². The molecule has 1 aromatic rings. The summed E-state index contributed by atoms with van der Waals surface area (Å²) in [6.07, 6.45) is 0.544. The molecule has 1 amide bonds. The van der Waals surface area contributed by atoms with E-state index >= 15 is 0 Å². The molecule has 1 atom stereocenters. The predicted molar refractivity (Wildman–Crippen MR) is 76.5 cm³/mol. The van der Waals surface area contributed by atoms with Crippen LogP contribution in [-0.2, 0) is 26.2 Å². The van der Waals surface area contributed by atoms with Crippen LogP contribution >= 0.6 is 0 Å². The van der Waals surface area contributed by atoms with Gasteiger partial charge in [-0.1, -0.05) is 6.07 Å². The number of ether oxygens (including phenoxy) is 1. The average molecular weight is 324 g/mol. The Kier molecular flexibility index (Phi) is 3.65. The molecule has 118 valence electrons. The minimum atomic E-state index is -3.85. The van der Waals surface area contributed by atoms with Gasteiger partial charge in [0.15, 0.2) is 0 Å². The van der Waals surface area contributed by atoms with E-state index < -0.39 is 22.0 Å². The Bertz CT molecular complexity index is 744. The van der Waals surface area contributed by atoms with E-state index in [0.717, 1.165) is 0 Å². The van der Waals surface area contributed by atoms with E-state index in [4.69, 9.17) is 4.74 Å². The number of cyclic esters (lactones) is 1. The molecule has 0 aromatic heterocycles. The Morgan fingerprint density at radius 1 is 1.32 bits per heavy atom. The lowest BCUT2D eigenvalue weighted by molar-refractivity contribution is -0.123. The van der Waals surface area contributed by atoms with Crippen LogP contribution in [0.15, 0.2) is 23.1 Å². The number of carbonyl (C=O) groups is 2. The van der Waals surface area contributed by atoms with Crippen LogP contribution in [0.5, 0.6) is 0 Å². The summed E-state index contributed by atoms with van der Waals surface area (Å²) in [6.45, 7) is 2.42. The minimum absolute atomic E-state index is 0.00616. The third-order valence-corrected chi connectivity index (χ3v) is 5.90. The van der Waals surface area contributed by atoms with Crippen molar-refractivity contribution < 1.29 is 22.7 Å². The Balaban J connectivity index is 2.01. The van der Waals surface area contributed by atoms with Crippen LogP contribution in [0.3, 0.4) is 0 Å². The number of amides is 1. The van der Waals surface area contributed by atoms with Crippen molar-refractivity contribution in [1.82, 2.24) is 9.62 Å². The van der Waals surface area contributed by atoms with Crippen LogP contribution in [-0.4, -0.2) is 43.7 Å². The molecule has 0 spiro atoms. The highest BCUT2D eigenvalue weighted by molar-refractivity contribution is 7.89. The summed E-state index contributed by atoms with van der Waals surface area (Å²) in [7, 11) is -3.85. The van der Waals surface area contributed by atoms with Gasteiger partial charge < -0.3 is 10.1 Å². The van der Waals surface area contributed by atoms with Gasteiger partial charge in [-0.2, -0.15) is 4.31 Å². The topological polar surface area (TPSA) is 92.8 Å². The fourth-order valence-corrected chi connectivity index (χ4v) is 4.29. The maximum absolute atomic E-state index is 12.8. The molecule has 1 saturated heterocycles. The van der Waals surface area contributed by atoms with Gasteiger partial charge in [0.05, 0.1) is 10.5 Å². The highest BCUT2D eigenvalue weighted by Gasteiger charge is 2.35. The smallest absolute Gasteiger partial charge is 0.338 e. The van der Waals surface area contributed by atoms with Crippen molar-refractivity contribution >= 4 is 21.9 Å². The molecule has 1 N–H and O–H groups in total. The highest BCUT2D eigenvalue weighted by Crippen LogP contribution is 2.26. The number of nitrogens with zero attached hydrogens (tertiary/aromatic N) is 1. The van der Waals surface area contributed by atoms with E-state index in [9.17, 15) is 18.0 Å². The van der Waals surface area contributed by atoms with Crippen molar-refractivity contribution in [2.75, 3.05) is 13.1 Å². The summed E-state index contributed by atoms with van der Waals surface area (Å²) >= 11 is 0. The van der Waals surface area contributed by atoms with Crippen LogP contribution in [0.4, 0.5) is 0 Å². The predicted octanol–water partition coefficient (Wildman–Crippen LogP) is 0.256. The molecule has 0 saturated carbocycles. The van der Waals surface area contributed by atoms with Crippen LogP contribution in [0.25, 0.3) is 0 Å². The molecule has 1 fully saturated rings. The molecule has 1 aromatic carbocycles. The molecule has 0 bridgehead atoms. The Labute approximate surface area is 128 Å². The van der Waals surface area contributed by atoms with Gasteiger partial charge in [0.1, 0.15) is 12.6 Å². The summed E-state index contributed by atoms with van der Waals surface area (Å²) in [4.78, 5) is 23.5. The van der Waals surface area contributed by atoms with Gasteiger partial charge in [-0.25, -0.2) is 13.2 Å². The molecule has 2 heterocycles. The van der Waals surface area contributed by atoms with E-state index in [1.165, 1.54) is 16.4 Å². The first-order valence-electron chi connectivity index (χ1n) is 7.01. The molecule has 0 aliphatic carbocycles. The van der Waals surface area contributed by atoms with Gasteiger partial charge in [0.25, 0.3) is 0 Å². The number of rotatable bonds is 2. The monoisotopic (exact) mass is 324 g/mol. The maximum Gasteiger partial charge on any atom is 0.338 e. The van der Waals surface area contributed by atoms with Crippen molar-refractivity contribution in [3.05, 3.63) is 29.3 Å². The van der Waals surface area contributed by atoms with Gasteiger partial charge in [-0.05, 0) is 25.5 Å². The molecule has 0 radical (unpaired) electrons. The molecule has 1 unspecified atom stereocenters. The van der Waals surface area contributed by atoms with Crippen LogP contribution < -0.4 is 5.32 Å². The number of benzene rings is 1. The van der Waals surface area contributed by atoms with Crippen molar-refractivity contribution in [2.24, 2.45) is 0 Å². The van der Waals surface area contributed by atoms with Gasteiger partial charge in [0, 0.05) is 18.7 Å². The van der Waals surface area contributed by atoms with E-state index in [-0.39, 0.29) is 29.5 Å². The number of carbonyl (C=O) groups excluding carboxylic acids is 2. The molecular formula is C14H16N2O5S. The zero-order chi connectivity index (χ0) is 15.9. The van der Waals surface area contributed by atoms with E-state index in [2.05, 4.69) is 5.32 Å². The first-order valence-corrected chi connectivity index (χ1v) is 8.45. The first-order chi connectivity index (χ1) is 10.4. The largest absolute Gasteiger partial charge is 0.457 e. The number of hydrogen-bond donors (Lipinski definition) is 1. The highest BCUT2D eigenvalue weighted by atomic mass is 32.2. The van der Waals surface area contributed by atoms with Gasteiger partial charge in [-0.15, -0.1) is 0 Å². The number of fused-ring (bicyclic) bond motifs is 1. The second kappa shape index (κ2) is 5.36. The first kappa shape index (κ1) is 15.0. The summed E-state index contributed by atoms with van der Waals surface area (Å²) < 4.78 is 31.7. The van der Waals surface area contributed by atoms with Crippen molar-refractivity contribution in [2.45, 2.75) is 30.9 Å². The van der Waals surface area contributed by atoms with Crippen molar-refractivity contribution in [3.63, 3.8) is 0 Å². The van der Waals surface area contributed by atoms with Crippen LogP contribution in [0, 0.1) is 0 Å². The minimum Gasteiger partial charge on any atom is -0.457 e. The number of sulfonamides is 1. The lowest BCUT2D eigenvalue weighted by Gasteiger charge is -2.24. The number of hydrogen-bond acceptors (Lipinski definition) is 5. The van der Waals surface area contributed by atoms with E-state index in [1.807, 2.05) is 0 Å². The van der Waals surface area contributed by atoms with Gasteiger partial charge in [-0.3, -0.25) is 4.79 Å². The maximum atomic E-state index is 12.8. The quantitative estimate of drug-likeness (QED) is 0.788. The fraction of sp³-hybridized carbons (Fsp3) is 0.429. The molecule has 2 aliphatic rings. The molecule has 22 heavy (non-hydrogen) atoms. The molecular weight excluding hydrogens is 308 g/mol. The molecule has 8 heteroatoms. The lowest BCUT2D eigenvalue weighted by Crippen LogP contribution is -2.45. The molecule has 2 aliphatic heterocycles. The third-order valence-electron chi connectivity index (χ3n) is 3.93. The van der Waals surface area contributed by atoms with Crippen LogP contribution in [0.1, 0.15) is 29.3 Å². The molecule has 3 rings (SSSR count). The third kappa shape index (κ3) is 2.38. The number of nitrogens with one attached hydrogen (secondary N) is 1. The zero-order valence-corrected chi connectivity index (χ0v) is 12.9. The van der Waals surface area contributed by atoms with Gasteiger partial charge >= 0.3 is 5.97 Å². The average Bonchev–Trinajstić information content (AvgIpc) is 2.77. The normalized spacial score (nSPS) is 22.7. The molecule has 7 nitrogen and oxygen atoms in total. The second-order valence-corrected chi connectivity index (χ2v) is 7.22. The SMILES string of the molecule is CC1C(=O)NCCCN1S(=O)(=O)c1ccc2c(c1)C(=O)OC2. The Morgan fingerprint density at radius 3 is 2.86 bits per heavy atom. The Hall–Kier alpha value is -1.93.